The lowest BCUT2D eigenvalue weighted by atomic mass is 10.0. The van der Waals surface area contributed by atoms with Crippen molar-refractivity contribution in [1.29, 1.82) is 0 Å². The Labute approximate surface area is 116 Å². The molecule has 1 heterocycles. The normalized spacial score (nSPS) is 10.7. The molecule has 0 saturated heterocycles. The van der Waals surface area contributed by atoms with Crippen LogP contribution in [-0.4, -0.2) is 7.11 Å². The molecule has 3 rings (SSSR count). The van der Waals surface area contributed by atoms with Gasteiger partial charge in [0.1, 0.15) is 11.3 Å². The molecule has 0 aliphatic rings. The molecule has 0 unspecified atom stereocenters. The number of hydrogen-bond acceptors (Lipinski definition) is 3. The minimum absolute atomic E-state index is 0.339. The Bertz CT molecular complexity index is 814. The van der Waals surface area contributed by atoms with Gasteiger partial charge in [0, 0.05) is 11.5 Å². The second-order valence-electron chi connectivity index (χ2n) is 4.71. The van der Waals surface area contributed by atoms with Crippen molar-refractivity contribution in [3.05, 3.63) is 64.5 Å². The summed E-state index contributed by atoms with van der Waals surface area (Å²) < 4.78 is 10.4. The highest BCUT2D eigenvalue weighted by atomic mass is 16.5. The highest BCUT2D eigenvalue weighted by Crippen LogP contribution is 2.29. The predicted molar refractivity (Wildman–Crippen MR) is 79.2 cm³/mol. The first-order valence-electron chi connectivity index (χ1n) is 6.36. The molecule has 0 N–H and O–H groups in total. The van der Waals surface area contributed by atoms with E-state index in [-0.39, 0.29) is 5.63 Å². The Morgan fingerprint density at radius 1 is 1.00 bits per heavy atom. The van der Waals surface area contributed by atoms with Crippen LogP contribution in [0.3, 0.4) is 0 Å². The maximum atomic E-state index is 11.7. The zero-order chi connectivity index (χ0) is 14.1. The van der Waals surface area contributed by atoms with E-state index in [0.29, 0.717) is 5.58 Å². The van der Waals surface area contributed by atoms with Crippen molar-refractivity contribution < 1.29 is 9.15 Å². The standard InChI is InChI=1S/C17H14O3/c1-11-3-8-14-15(10-17(18)20-16(14)9-11)12-4-6-13(19-2)7-5-12/h3-10H,1-2H3. The molecular formula is C17H14O3. The van der Waals surface area contributed by atoms with Crippen molar-refractivity contribution in [1.82, 2.24) is 0 Å². The van der Waals surface area contributed by atoms with E-state index in [1.165, 1.54) is 6.07 Å². The van der Waals surface area contributed by atoms with Gasteiger partial charge in [-0.2, -0.15) is 0 Å². The lowest BCUT2D eigenvalue weighted by Crippen LogP contribution is -1.98. The van der Waals surface area contributed by atoms with E-state index in [4.69, 9.17) is 9.15 Å². The van der Waals surface area contributed by atoms with Crippen LogP contribution in [0.4, 0.5) is 0 Å². The Balaban J connectivity index is 2.26. The van der Waals surface area contributed by atoms with Gasteiger partial charge in [0.15, 0.2) is 0 Å². The van der Waals surface area contributed by atoms with Crippen LogP contribution in [0.1, 0.15) is 5.56 Å². The third kappa shape index (κ3) is 2.18. The van der Waals surface area contributed by atoms with Gasteiger partial charge in [-0.15, -0.1) is 0 Å². The first-order valence-corrected chi connectivity index (χ1v) is 6.36. The minimum Gasteiger partial charge on any atom is -0.497 e. The number of ether oxygens (including phenoxy) is 1. The van der Waals surface area contributed by atoms with Crippen molar-refractivity contribution in [2.75, 3.05) is 7.11 Å². The molecule has 0 aliphatic heterocycles. The molecule has 0 aliphatic carbocycles. The van der Waals surface area contributed by atoms with Crippen LogP contribution >= 0.6 is 0 Å². The molecular weight excluding hydrogens is 252 g/mol. The molecule has 0 bridgehead atoms. The van der Waals surface area contributed by atoms with Crippen LogP contribution in [0.15, 0.2) is 57.7 Å². The molecule has 0 atom stereocenters. The molecule has 0 fully saturated rings. The second-order valence-corrected chi connectivity index (χ2v) is 4.71. The molecule has 2 aromatic carbocycles. The largest absolute Gasteiger partial charge is 0.497 e. The molecule has 0 amide bonds. The predicted octanol–water partition coefficient (Wildman–Crippen LogP) is 3.78. The smallest absolute Gasteiger partial charge is 0.336 e. The lowest BCUT2D eigenvalue weighted by molar-refractivity contribution is 0.415. The quantitative estimate of drug-likeness (QED) is 0.663. The van der Waals surface area contributed by atoms with Crippen LogP contribution in [0, 0.1) is 6.92 Å². The van der Waals surface area contributed by atoms with E-state index in [1.54, 1.807) is 7.11 Å². The Kier molecular flexibility index (Phi) is 3.03. The van der Waals surface area contributed by atoms with Crippen molar-refractivity contribution in [2.45, 2.75) is 6.92 Å². The van der Waals surface area contributed by atoms with Gasteiger partial charge in [-0.3, -0.25) is 0 Å². The molecule has 3 nitrogen and oxygen atoms in total. The molecule has 20 heavy (non-hydrogen) atoms. The van der Waals surface area contributed by atoms with Gasteiger partial charge in [-0.1, -0.05) is 24.3 Å². The molecule has 100 valence electrons. The van der Waals surface area contributed by atoms with E-state index < -0.39 is 0 Å². The molecule has 1 aromatic heterocycles. The minimum atomic E-state index is -0.339. The fourth-order valence-electron chi connectivity index (χ4n) is 2.28. The lowest BCUT2D eigenvalue weighted by Gasteiger charge is -2.07. The average molecular weight is 266 g/mol. The van der Waals surface area contributed by atoms with Crippen LogP contribution in [0.5, 0.6) is 5.75 Å². The average Bonchev–Trinajstić information content (AvgIpc) is 2.46. The van der Waals surface area contributed by atoms with E-state index >= 15 is 0 Å². The zero-order valence-electron chi connectivity index (χ0n) is 11.3. The summed E-state index contributed by atoms with van der Waals surface area (Å²) in [5.74, 6) is 0.789. The van der Waals surface area contributed by atoms with Crippen molar-refractivity contribution in [3.8, 4) is 16.9 Å². The van der Waals surface area contributed by atoms with E-state index in [9.17, 15) is 4.79 Å². The van der Waals surface area contributed by atoms with Crippen molar-refractivity contribution in [2.24, 2.45) is 0 Å². The Hall–Kier alpha value is -2.55. The first-order chi connectivity index (χ1) is 9.67. The summed E-state index contributed by atoms with van der Waals surface area (Å²) in [6.07, 6.45) is 0. The van der Waals surface area contributed by atoms with E-state index in [1.807, 2.05) is 49.4 Å². The van der Waals surface area contributed by atoms with Gasteiger partial charge < -0.3 is 9.15 Å². The van der Waals surface area contributed by atoms with E-state index in [0.717, 1.165) is 27.8 Å². The summed E-state index contributed by atoms with van der Waals surface area (Å²) in [4.78, 5) is 11.7. The van der Waals surface area contributed by atoms with Crippen LogP contribution in [-0.2, 0) is 0 Å². The highest BCUT2D eigenvalue weighted by molar-refractivity contribution is 5.93. The third-order valence-electron chi connectivity index (χ3n) is 3.30. The highest BCUT2D eigenvalue weighted by Gasteiger charge is 2.08. The zero-order valence-corrected chi connectivity index (χ0v) is 11.3. The SMILES string of the molecule is COc1ccc(-c2cc(=O)oc3cc(C)ccc23)cc1. The van der Waals surface area contributed by atoms with Crippen LogP contribution < -0.4 is 10.4 Å². The maximum Gasteiger partial charge on any atom is 0.336 e. The third-order valence-corrected chi connectivity index (χ3v) is 3.30. The number of benzene rings is 2. The fourth-order valence-corrected chi connectivity index (χ4v) is 2.28. The summed E-state index contributed by atoms with van der Waals surface area (Å²) in [5, 5.41) is 0.931. The molecule has 0 saturated carbocycles. The summed E-state index contributed by atoms with van der Waals surface area (Å²) in [7, 11) is 1.63. The number of methoxy groups -OCH3 is 1. The van der Waals surface area contributed by atoms with Crippen LogP contribution in [0.2, 0.25) is 0 Å². The van der Waals surface area contributed by atoms with Gasteiger partial charge in [0.05, 0.1) is 7.11 Å². The van der Waals surface area contributed by atoms with E-state index in [2.05, 4.69) is 0 Å². The monoisotopic (exact) mass is 266 g/mol. The number of hydrogen-bond donors (Lipinski definition) is 0. The Morgan fingerprint density at radius 2 is 1.75 bits per heavy atom. The van der Waals surface area contributed by atoms with Crippen molar-refractivity contribution >= 4 is 11.0 Å². The number of rotatable bonds is 2. The van der Waals surface area contributed by atoms with Gasteiger partial charge in [-0.25, -0.2) is 4.79 Å². The first kappa shape index (κ1) is 12.5. The van der Waals surface area contributed by atoms with Gasteiger partial charge >= 0.3 is 5.63 Å². The second kappa shape index (κ2) is 4.85. The number of fused-ring (bicyclic) bond motifs is 1. The Morgan fingerprint density at radius 3 is 2.45 bits per heavy atom. The summed E-state index contributed by atoms with van der Waals surface area (Å²) in [5.41, 5.74) is 3.18. The van der Waals surface area contributed by atoms with Gasteiger partial charge in [0.2, 0.25) is 0 Å². The van der Waals surface area contributed by atoms with Gasteiger partial charge in [0.25, 0.3) is 0 Å². The summed E-state index contributed by atoms with van der Waals surface area (Å²) in [6, 6.07) is 15.0. The molecule has 0 radical (unpaired) electrons. The molecule has 0 spiro atoms. The van der Waals surface area contributed by atoms with Crippen molar-refractivity contribution in [3.63, 3.8) is 0 Å². The maximum absolute atomic E-state index is 11.7. The summed E-state index contributed by atoms with van der Waals surface area (Å²) in [6.45, 7) is 1.97. The summed E-state index contributed by atoms with van der Waals surface area (Å²) >= 11 is 0. The van der Waals surface area contributed by atoms with Gasteiger partial charge in [-0.05, 0) is 41.8 Å². The molecule has 3 aromatic rings. The topological polar surface area (TPSA) is 39.4 Å². The van der Waals surface area contributed by atoms with Crippen LogP contribution in [0.25, 0.3) is 22.1 Å². The molecule has 3 heteroatoms. The fraction of sp³-hybridized carbons (Fsp3) is 0.118. The number of aryl methyl sites for hydroxylation is 1.